The molecular formula is C23H23N5O4S2. The van der Waals surface area contributed by atoms with Gasteiger partial charge >= 0.3 is 6.03 Å². The highest BCUT2D eigenvalue weighted by Gasteiger charge is 2.26. The average molecular weight is 498 g/mol. The molecule has 11 heteroatoms. The molecule has 3 heterocycles. The number of benzene rings is 1. The fourth-order valence-electron chi connectivity index (χ4n) is 4.12. The molecule has 2 amide bonds. The van der Waals surface area contributed by atoms with Crippen LogP contribution in [0.15, 0.2) is 52.4 Å². The fraction of sp³-hybridized carbons (Fsp3) is 0.261. The van der Waals surface area contributed by atoms with Gasteiger partial charge in [0, 0.05) is 11.8 Å². The minimum absolute atomic E-state index is 0.0458. The van der Waals surface area contributed by atoms with Crippen LogP contribution in [0.3, 0.4) is 0 Å². The summed E-state index contributed by atoms with van der Waals surface area (Å²) < 4.78 is 29.5. The maximum Gasteiger partial charge on any atom is 0.333 e. The Morgan fingerprint density at radius 3 is 2.79 bits per heavy atom. The first-order valence-corrected chi connectivity index (χ1v) is 13.1. The van der Waals surface area contributed by atoms with Crippen LogP contribution in [-0.2, 0) is 28.5 Å². The third kappa shape index (κ3) is 4.17. The molecule has 0 saturated heterocycles. The normalized spacial score (nSPS) is 13.7. The Kier molecular flexibility index (Phi) is 5.42. The molecule has 1 aliphatic carbocycles. The van der Waals surface area contributed by atoms with Gasteiger partial charge in [0.1, 0.15) is 10.5 Å². The van der Waals surface area contributed by atoms with Crippen LogP contribution in [0.5, 0.6) is 0 Å². The number of aryl methyl sites for hydroxylation is 1. The van der Waals surface area contributed by atoms with Crippen LogP contribution in [0, 0.1) is 0 Å². The summed E-state index contributed by atoms with van der Waals surface area (Å²) in [4.78, 5) is 12.9. The van der Waals surface area contributed by atoms with Crippen molar-refractivity contribution in [2.24, 2.45) is 0 Å². The van der Waals surface area contributed by atoms with E-state index >= 15 is 0 Å². The Morgan fingerprint density at radius 1 is 1.21 bits per heavy atom. The zero-order valence-electron chi connectivity index (χ0n) is 18.6. The predicted octanol–water partition coefficient (Wildman–Crippen LogP) is 3.68. The molecule has 1 aliphatic rings. The van der Waals surface area contributed by atoms with Crippen molar-refractivity contribution >= 4 is 38.7 Å². The van der Waals surface area contributed by atoms with Gasteiger partial charge in [0.05, 0.1) is 11.3 Å². The van der Waals surface area contributed by atoms with E-state index in [-0.39, 0.29) is 4.21 Å². The topological polar surface area (TPSA) is 126 Å². The number of nitrogens with one attached hydrogen (secondary N) is 2. The number of thiophene rings is 1. The third-order valence-electron chi connectivity index (χ3n) is 5.91. The lowest BCUT2D eigenvalue weighted by Crippen LogP contribution is -2.34. The lowest BCUT2D eigenvalue weighted by Gasteiger charge is -2.17. The number of sulfonamides is 1. The van der Waals surface area contributed by atoms with E-state index in [0.29, 0.717) is 16.9 Å². The second-order valence-corrected chi connectivity index (χ2v) is 11.6. The Bertz CT molecular complexity index is 1520. The van der Waals surface area contributed by atoms with E-state index in [9.17, 15) is 18.3 Å². The second kappa shape index (κ2) is 8.19. The monoisotopic (exact) mass is 497 g/mol. The summed E-state index contributed by atoms with van der Waals surface area (Å²) in [6.45, 7) is 3.14. The number of hydrogen-bond acceptors (Lipinski definition) is 7. The van der Waals surface area contributed by atoms with Gasteiger partial charge in [-0.3, -0.25) is 4.40 Å². The minimum Gasteiger partial charge on any atom is -0.386 e. The van der Waals surface area contributed by atoms with Crippen LogP contribution in [0.25, 0.3) is 16.8 Å². The van der Waals surface area contributed by atoms with Gasteiger partial charge in [-0.25, -0.2) is 17.9 Å². The average Bonchev–Trinajstić information content (AvgIpc) is 3.52. The summed E-state index contributed by atoms with van der Waals surface area (Å²) in [6, 6.07) is 8.29. The first-order chi connectivity index (χ1) is 16.1. The molecule has 176 valence electrons. The standard InChI is InChI=1S/C23H23N5O4S2/c1-23(2,30)16-11-20(33-12-16)34(31,32)27-22(29)25-21-17-5-3-4-14(17)6-7-18(21)15-8-9-28-13-24-26-19(28)10-15/h6-13,30H,3-5H2,1-2H3,(H2,25,27,29). The van der Waals surface area contributed by atoms with Gasteiger partial charge in [0.25, 0.3) is 10.0 Å². The van der Waals surface area contributed by atoms with Gasteiger partial charge in [-0.2, -0.15) is 0 Å². The molecule has 0 fully saturated rings. The molecule has 3 N–H and O–H groups in total. The summed E-state index contributed by atoms with van der Waals surface area (Å²) in [6.07, 6.45) is 6.10. The van der Waals surface area contributed by atoms with Crippen molar-refractivity contribution in [3.63, 3.8) is 0 Å². The first-order valence-electron chi connectivity index (χ1n) is 10.7. The van der Waals surface area contributed by atoms with Crippen molar-refractivity contribution in [2.45, 2.75) is 42.9 Å². The third-order valence-corrected chi connectivity index (χ3v) is 8.68. The Labute approximate surface area is 200 Å². The van der Waals surface area contributed by atoms with Gasteiger partial charge < -0.3 is 10.4 Å². The predicted molar refractivity (Wildman–Crippen MR) is 129 cm³/mol. The maximum absolute atomic E-state index is 12.9. The number of fused-ring (bicyclic) bond motifs is 2. The number of pyridine rings is 1. The highest BCUT2D eigenvalue weighted by molar-refractivity contribution is 7.92. The van der Waals surface area contributed by atoms with Crippen molar-refractivity contribution < 1.29 is 18.3 Å². The quantitative estimate of drug-likeness (QED) is 0.386. The van der Waals surface area contributed by atoms with Crippen molar-refractivity contribution in [3.05, 3.63) is 64.9 Å². The largest absolute Gasteiger partial charge is 0.386 e. The lowest BCUT2D eigenvalue weighted by atomic mass is 9.98. The van der Waals surface area contributed by atoms with Crippen molar-refractivity contribution in [2.75, 3.05) is 5.32 Å². The number of hydrogen-bond donors (Lipinski definition) is 3. The molecule has 0 spiro atoms. The number of carbonyl (C=O) groups is 1. The van der Waals surface area contributed by atoms with Crippen molar-refractivity contribution in [3.8, 4) is 11.1 Å². The number of rotatable bonds is 5. The molecule has 1 aromatic carbocycles. The van der Waals surface area contributed by atoms with Gasteiger partial charge in [0.2, 0.25) is 0 Å². The van der Waals surface area contributed by atoms with E-state index < -0.39 is 21.7 Å². The van der Waals surface area contributed by atoms with E-state index in [1.54, 1.807) is 30.0 Å². The number of aliphatic hydroxyl groups is 1. The van der Waals surface area contributed by atoms with E-state index in [1.807, 2.05) is 24.4 Å². The minimum atomic E-state index is -4.11. The van der Waals surface area contributed by atoms with E-state index in [1.165, 1.54) is 6.07 Å². The highest BCUT2D eigenvalue weighted by atomic mass is 32.2. The number of urea groups is 1. The summed E-state index contributed by atoms with van der Waals surface area (Å²) >= 11 is 0.948. The van der Waals surface area contributed by atoms with E-state index in [2.05, 4.69) is 26.3 Å². The number of amides is 2. The number of nitrogens with zero attached hydrogens (tertiary/aromatic N) is 3. The molecule has 0 bridgehead atoms. The van der Waals surface area contributed by atoms with Crippen LogP contribution >= 0.6 is 11.3 Å². The Hall–Kier alpha value is -3.28. The molecule has 0 aliphatic heterocycles. The zero-order chi connectivity index (χ0) is 24.1. The Morgan fingerprint density at radius 2 is 2.03 bits per heavy atom. The van der Waals surface area contributed by atoms with E-state index in [0.717, 1.165) is 52.9 Å². The molecule has 3 aromatic heterocycles. The summed E-state index contributed by atoms with van der Waals surface area (Å²) in [5.41, 5.74) is 4.29. The van der Waals surface area contributed by atoms with Crippen LogP contribution in [0.2, 0.25) is 0 Å². The SMILES string of the molecule is CC(C)(O)c1csc(S(=O)(=O)NC(=O)Nc2c(-c3ccn4cnnc4c3)ccc3c2CCC3)c1. The number of aromatic nitrogens is 3. The molecule has 5 rings (SSSR count). The van der Waals surface area contributed by atoms with Crippen LogP contribution in [-0.4, -0.2) is 34.2 Å². The maximum atomic E-state index is 12.9. The van der Waals surface area contributed by atoms with Gasteiger partial charge in [-0.15, -0.1) is 21.5 Å². The molecule has 0 radical (unpaired) electrons. The zero-order valence-corrected chi connectivity index (χ0v) is 20.2. The first kappa shape index (κ1) is 22.5. The van der Waals surface area contributed by atoms with Gasteiger partial charge in [-0.1, -0.05) is 12.1 Å². The fourth-order valence-corrected chi connectivity index (χ4v) is 6.37. The van der Waals surface area contributed by atoms with Gasteiger partial charge in [0.15, 0.2) is 5.65 Å². The lowest BCUT2D eigenvalue weighted by molar-refractivity contribution is 0.0789. The van der Waals surface area contributed by atoms with Crippen molar-refractivity contribution in [1.29, 1.82) is 0 Å². The van der Waals surface area contributed by atoms with Crippen LogP contribution in [0.1, 0.15) is 37.0 Å². The van der Waals surface area contributed by atoms with E-state index in [4.69, 9.17) is 0 Å². The second-order valence-electron chi connectivity index (χ2n) is 8.76. The van der Waals surface area contributed by atoms with Crippen molar-refractivity contribution in [1.82, 2.24) is 19.3 Å². The summed E-state index contributed by atoms with van der Waals surface area (Å²) in [7, 11) is -4.11. The molecule has 0 saturated carbocycles. The molecule has 9 nitrogen and oxygen atoms in total. The summed E-state index contributed by atoms with van der Waals surface area (Å²) in [5.74, 6) is 0. The number of carbonyl (C=O) groups excluding carboxylic acids is 1. The molecule has 4 aromatic rings. The van der Waals surface area contributed by atoms with Crippen LogP contribution in [0.4, 0.5) is 10.5 Å². The smallest absolute Gasteiger partial charge is 0.333 e. The Balaban J connectivity index is 1.46. The molecule has 34 heavy (non-hydrogen) atoms. The summed E-state index contributed by atoms with van der Waals surface area (Å²) in [5, 5.41) is 22.5. The highest BCUT2D eigenvalue weighted by Crippen LogP contribution is 2.38. The molecule has 0 unspecified atom stereocenters. The van der Waals surface area contributed by atoms with Gasteiger partial charge in [-0.05, 0) is 78.9 Å². The number of anilines is 1. The van der Waals surface area contributed by atoms with Crippen LogP contribution < -0.4 is 10.0 Å². The molecule has 0 atom stereocenters. The molecular weight excluding hydrogens is 474 g/mol.